The molecular weight excluding hydrogens is 480 g/mol. The van der Waals surface area contributed by atoms with Crippen molar-refractivity contribution in [2.45, 2.75) is 110 Å². The van der Waals surface area contributed by atoms with Crippen LogP contribution in [0.15, 0.2) is 11.1 Å². The largest absolute Gasteiger partial charge is 0.414 e. The molecule has 0 aliphatic carbocycles. The van der Waals surface area contributed by atoms with E-state index in [2.05, 4.69) is 77.3 Å². The highest BCUT2D eigenvalue weighted by Gasteiger charge is 2.61. The molecule has 1 N–H and O–H groups in total. The number of nitrogens with zero attached hydrogens (tertiary/aromatic N) is 3. The summed E-state index contributed by atoms with van der Waals surface area (Å²) in [6.07, 6.45) is 0.850. The van der Waals surface area contributed by atoms with Crippen LogP contribution < -0.4 is 5.56 Å². The molecule has 4 atom stereocenters. The van der Waals surface area contributed by atoms with Gasteiger partial charge in [-0.3, -0.25) is 9.36 Å². The van der Waals surface area contributed by atoms with E-state index in [1.54, 1.807) is 13.3 Å². The summed E-state index contributed by atoms with van der Waals surface area (Å²) >= 11 is 0. The predicted octanol–water partition coefficient (Wildman–Crippen LogP) is 4.92. The van der Waals surface area contributed by atoms with Crippen molar-refractivity contribution < 1.29 is 17.7 Å². The van der Waals surface area contributed by atoms with Gasteiger partial charge in [0.1, 0.15) is 18.2 Å². The van der Waals surface area contributed by atoms with Gasteiger partial charge < -0.3 is 22.7 Å². The Morgan fingerprint density at radius 2 is 1.63 bits per heavy atom. The van der Waals surface area contributed by atoms with E-state index in [-0.39, 0.29) is 52.1 Å². The molecule has 2 aromatic rings. The van der Waals surface area contributed by atoms with Gasteiger partial charge in [-0.2, -0.15) is 0 Å². The second-order valence-electron chi connectivity index (χ2n) is 11.5. The minimum atomic E-state index is -2.73. The number of aromatic amines is 1. The van der Waals surface area contributed by atoms with Crippen molar-refractivity contribution in [3.8, 4) is 0 Å². The van der Waals surface area contributed by atoms with Crippen molar-refractivity contribution in [3.63, 3.8) is 0 Å². The maximum atomic E-state index is 12.4. The van der Waals surface area contributed by atoms with Crippen molar-refractivity contribution in [2.75, 3.05) is 6.61 Å². The smallest absolute Gasteiger partial charge is 0.335 e. The van der Waals surface area contributed by atoms with E-state index in [4.69, 9.17) is 17.7 Å². The first-order valence-corrected chi connectivity index (χ1v) is 16.9. The highest BCUT2D eigenvalue weighted by atomic mass is 28.5. The van der Waals surface area contributed by atoms with Crippen LogP contribution >= 0.6 is 0 Å². The molecule has 2 aromatic heterocycles. The fourth-order valence-corrected chi connectivity index (χ4v) is 17.2. The van der Waals surface area contributed by atoms with Gasteiger partial charge >= 0.3 is 17.1 Å². The van der Waals surface area contributed by atoms with E-state index in [1.807, 2.05) is 4.57 Å². The lowest BCUT2D eigenvalue weighted by molar-refractivity contribution is -0.0549. The average Bonchev–Trinajstić information content (AvgIpc) is 3.28. The van der Waals surface area contributed by atoms with Gasteiger partial charge in [0.15, 0.2) is 11.2 Å². The molecule has 2 aliphatic rings. The zero-order chi connectivity index (χ0) is 25.9. The van der Waals surface area contributed by atoms with Crippen LogP contribution in [0.3, 0.4) is 0 Å². The molecule has 2 saturated heterocycles. The molecule has 2 aliphatic heterocycles. The minimum absolute atomic E-state index is 0.0114. The van der Waals surface area contributed by atoms with Gasteiger partial charge in [0.2, 0.25) is 0 Å². The molecule has 196 valence electrons. The van der Waals surface area contributed by atoms with Gasteiger partial charge in [-0.05, 0) is 29.1 Å². The molecule has 11 heteroatoms. The zero-order valence-electron chi connectivity index (χ0n) is 22.8. The first-order chi connectivity index (χ1) is 16.3. The van der Waals surface area contributed by atoms with E-state index in [9.17, 15) is 4.79 Å². The van der Waals surface area contributed by atoms with Crippen LogP contribution in [0, 0.1) is 12.8 Å². The molecule has 1 unspecified atom stereocenters. The standard InChI is InChI=1S/C24H42N4O5Si2/c1-13(2)34(14(3)4)30-11-19-21(32-35(33-34,15(5)6)16(7)8)17(9)24(31-19)28-12-25-20-22(28)26-18(10)27-23(20)29/h12-17,19,21,24H,11H2,1-10H3,(H,26,27,29)/t17?,19-,21-,24-/m1/s1. The van der Waals surface area contributed by atoms with Gasteiger partial charge in [-0.1, -0.05) is 62.3 Å². The van der Waals surface area contributed by atoms with Crippen LogP contribution in [0.5, 0.6) is 0 Å². The quantitative estimate of drug-likeness (QED) is 0.556. The summed E-state index contributed by atoms with van der Waals surface area (Å²) in [5, 5.41) is 0. The third kappa shape index (κ3) is 4.27. The fourth-order valence-electron chi connectivity index (χ4n) is 5.88. The Hall–Kier alpha value is -1.38. The second kappa shape index (κ2) is 9.49. The summed E-state index contributed by atoms with van der Waals surface area (Å²) in [6, 6.07) is 0. The molecular formula is C24H42N4O5Si2. The Labute approximate surface area is 210 Å². The second-order valence-corrected chi connectivity index (χ2v) is 20.3. The van der Waals surface area contributed by atoms with Crippen LogP contribution in [0.4, 0.5) is 0 Å². The number of rotatable bonds is 5. The third-order valence-electron chi connectivity index (χ3n) is 7.80. The summed E-state index contributed by atoms with van der Waals surface area (Å²) in [5.41, 5.74) is 1.65. The number of nitrogens with one attached hydrogen (secondary N) is 1. The molecule has 0 amide bonds. The van der Waals surface area contributed by atoms with Crippen molar-refractivity contribution in [1.29, 1.82) is 0 Å². The Morgan fingerprint density at radius 1 is 1.03 bits per heavy atom. The summed E-state index contributed by atoms with van der Waals surface area (Å²) < 4.78 is 29.9. The lowest BCUT2D eigenvalue weighted by Crippen LogP contribution is -2.65. The van der Waals surface area contributed by atoms with Gasteiger partial charge in [-0.15, -0.1) is 0 Å². The Kier molecular flexibility index (Phi) is 7.24. The zero-order valence-corrected chi connectivity index (χ0v) is 24.8. The molecule has 0 saturated carbocycles. The van der Waals surface area contributed by atoms with Crippen LogP contribution in [0.1, 0.15) is 74.4 Å². The number of imidazole rings is 1. The Morgan fingerprint density at radius 3 is 2.20 bits per heavy atom. The van der Waals surface area contributed by atoms with Crippen molar-refractivity contribution in [3.05, 3.63) is 22.5 Å². The molecule has 0 radical (unpaired) electrons. The monoisotopic (exact) mass is 522 g/mol. The molecule has 35 heavy (non-hydrogen) atoms. The van der Waals surface area contributed by atoms with Crippen LogP contribution in [0.2, 0.25) is 22.2 Å². The first-order valence-electron chi connectivity index (χ1n) is 12.9. The van der Waals surface area contributed by atoms with Crippen molar-refractivity contribution >= 4 is 28.3 Å². The minimum Gasteiger partial charge on any atom is -0.414 e. The number of hydrogen-bond acceptors (Lipinski definition) is 7. The number of fused-ring (bicyclic) bond motifs is 2. The van der Waals surface area contributed by atoms with Crippen LogP contribution in [0.25, 0.3) is 11.2 Å². The van der Waals surface area contributed by atoms with Crippen molar-refractivity contribution in [2.24, 2.45) is 5.92 Å². The van der Waals surface area contributed by atoms with Gasteiger partial charge in [0.05, 0.1) is 19.0 Å². The lowest BCUT2D eigenvalue weighted by Gasteiger charge is -2.51. The maximum Gasteiger partial charge on any atom is 0.335 e. The third-order valence-corrected chi connectivity index (χ3v) is 18.1. The molecule has 0 aromatic carbocycles. The van der Waals surface area contributed by atoms with Crippen LogP contribution in [-0.4, -0.2) is 55.5 Å². The summed E-state index contributed by atoms with van der Waals surface area (Å²) in [7, 11) is -5.36. The normalized spacial score (nSPS) is 28.7. The first kappa shape index (κ1) is 26.7. The van der Waals surface area contributed by atoms with E-state index >= 15 is 0 Å². The van der Waals surface area contributed by atoms with Crippen LogP contribution in [-0.2, 0) is 17.7 Å². The molecule has 4 heterocycles. The lowest BCUT2D eigenvalue weighted by atomic mass is 10.0. The van der Waals surface area contributed by atoms with E-state index in [0.717, 1.165) is 0 Å². The average molecular weight is 523 g/mol. The number of ether oxygens (including phenoxy) is 1. The fraction of sp³-hybridized carbons (Fsp3) is 0.792. The Bertz CT molecular complexity index is 1100. The number of aromatic nitrogens is 4. The van der Waals surface area contributed by atoms with E-state index in [0.29, 0.717) is 23.6 Å². The topological polar surface area (TPSA) is 100 Å². The Balaban J connectivity index is 1.79. The number of aryl methyl sites for hydroxylation is 1. The summed E-state index contributed by atoms with van der Waals surface area (Å²) in [5.74, 6) is 0.534. The summed E-state index contributed by atoms with van der Waals surface area (Å²) in [4.78, 5) is 24.1. The highest BCUT2D eigenvalue weighted by molar-refractivity contribution is 6.83. The summed E-state index contributed by atoms with van der Waals surface area (Å²) in [6.45, 7) is 22.1. The van der Waals surface area contributed by atoms with E-state index in [1.165, 1.54) is 0 Å². The van der Waals surface area contributed by atoms with Gasteiger partial charge in [0.25, 0.3) is 5.56 Å². The highest BCUT2D eigenvalue weighted by Crippen LogP contribution is 2.49. The molecule has 2 fully saturated rings. The molecule has 4 rings (SSSR count). The molecule has 0 bridgehead atoms. The SMILES string of the molecule is Cc1nc2c(ncn2[C@@H]2O[C@@H]3CO[Si](C(C)C)(C(C)C)O[Si](C(C)C)(C(C)C)O[C@@H]3C2C)c(=O)[nH]1. The van der Waals surface area contributed by atoms with Crippen molar-refractivity contribution in [1.82, 2.24) is 19.5 Å². The van der Waals surface area contributed by atoms with Gasteiger partial charge in [-0.25, -0.2) is 9.97 Å². The number of H-pyrrole nitrogens is 1. The predicted molar refractivity (Wildman–Crippen MR) is 140 cm³/mol. The van der Waals surface area contributed by atoms with Gasteiger partial charge in [0, 0.05) is 5.92 Å². The molecule has 0 spiro atoms. The van der Waals surface area contributed by atoms with E-state index < -0.39 is 17.1 Å². The number of hydrogen-bond donors (Lipinski definition) is 1. The molecule has 9 nitrogen and oxygen atoms in total. The maximum absolute atomic E-state index is 12.4.